The largest absolute Gasteiger partial charge is 0.347 e. The van der Waals surface area contributed by atoms with Crippen LogP contribution in [0.5, 0.6) is 0 Å². The monoisotopic (exact) mass is 359 g/mol. The van der Waals surface area contributed by atoms with Crippen LogP contribution in [0.1, 0.15) is 64.6 Å². The molecule has 1 aliphatic heterocycles. The molecule has 0 radical (unpaired) electrons. The van der Waals surface area contributed by atoms with Crippen molar-refractivity contribution in [2.24, 2.45) is 5.92 Å². The first-order valence-corrected chi connectivity index (χ1v) is 9.06. The number of nitrogens with zero attached hydrogens (tertiary/aromatic N) is 1. The molecular weight excluding hydrogens is 330 g/mol. The molecule has 1 atom stereocenters. The molecule has 2 rings (SSSR count). The lowest BCUT2D eigenvalue weighted by Crippen LogP contribution is -2.44. The Hall–Kier alpha value is -2.37. The standard InChI is InChI=1S/C20H29N3O3/c1-12(2)14-7-9-15(10-8-14)17(13(3)4)21-16(24)11-23-18(25)20(5,6)22-19(23)26/h7-10,12-13,17H,11H2,1-6H3,(H,21,24)(H,22,26)/t17-/m1/s1. The molecule has 0 saturated carbocycles. The Labute approximate surface area is 155 Å². The van der Waals surface area contributed by atoms with Crippen LogP contribution >= 0.6 is 0 Å². The van der Waals surface area contributed by atoms with Crippen molar-refractivity contribution in [3.8, 4) is 0 Å². The van der Waals surface area contributed by atoms with E-state index in [-0.39, 0.29) is 30.3 Å². The Kier molecular flexibility index (Phi) is 5.74. The van der Waals surface area contributed by atoms with E-state index in [0.29, 0.717) is 5.92 Å². The van der Waals surface area contributed by atoms with E-state index in [2.05, 4.69) is 36.6 Å². The molecule has 1 aromatic rings. The number of imide groups is 1. The van der Waals surface area contributed by atoms with Crippen LogP contribution < -0.4 is 10.6 Å². The van der Waals surface area contributed by atoms with Crippen molar-refractivity contribution in [3.05, 3.63) is 35.4 Å². The van der Waals surface area contributed by atoms with Crippen LogP contribution in [0, 0.1) is 5.92 Å². The van der Waals surface area contributed by atoms with Gasteiger partial charge >= 0.3 is 6.03 Å². The maximum Gasteiger partial charge on any atom is 0.325 e. The highest BCUT2D eigenvalue weighted by Gasteiger charge is 2.45. The van der Waals surface area contributed by atoms with Crippen molar-refractivity contribution in [2.75, 3.05) is 6.54 Å². The predicted octanol–water partition coefficient (Wildman–Crippen LogP) is 2.95. The molecule has 6 nitrogen and oxygen atoms in total. The van der Waals surface area contributed by atoms with E-state index in [9.17, 15) is 14.4 Å². The fourth-order valence-corrected chi connectivity index (χ4v) is 3.05. The van der Waals surface area contributed by atoms with E-state index >= 15 is 0 Å². The minimum absolute atomic E-state index is 0.170. The van der Waals surface area contributed by atoms with Crippen molar-refractivity contribution >= 4 is 17.8 Å². The first-order valence-electron chi connectivity index (χ1n) is 9.06. The summed E-state index contributed by atoms with van der Waals surface area (Å²) in [4.78, 5) is 37.6. The Bertz CT molecular complexity index is 693. The van der Waals surface area contributed by atoms with E-state index in [1.165, 1.54) is 5.56 Å². The number of benzene rings is 1. The van der Waals surface area contributed by atoms with Gasteiger partial charge in [-0.05, 0) is 36.8 Å². The SMILES string of the molecule is CC(C)c1ccc([C@H](NC(=O)CN2C(=O)NC(C)(C)C2=O)C(C)C)cc1. The summed E-state index contributed by atoms with van der Waals surface area (Å²) in [5, 5.41) is 5.54. The first kappa shape index (κ1) is 19.9. The zero-order chi connectivity index (χ0) is 19.6. The molecule has 0 aliphatic carbocycles. The molecule has 0 bridgehead atoms. The molecule has 1 saturated heterocycles. The maximum absolute atomic E-state index is 12.5. The maximum atomic E-state index is 12.5. The third-order valence-corrected chi connectivity index (χ3v) is 4.69. The fraction of sp³-hybridized carbons (Fsp3) is 0.550. The van der Waals surface area contributed by atoms with Crippen LogP contribution in [0.4, 0.5) is 4.79 Å². The fourth-order valence-electron chi connectivity index (χ4n) is 3.05. The molecule has 26 heavy (non-hydrogen) atoms. The molecule has 1 heterocycles. The molecule has 1 aromatic carbocycles. The third-order valence-electron chi connectivity index (χ3n) is 4.69. The third kappa shape index (κ3) is 4.23. The summed E-state index contributed by atoms with van der Waals surface area (Å²) in [6.07, 6.45) is 0. The summed E-state index contributed by atoms with van der Waals surface area (Å²) < 4.78 is 0. The second-order valence-electron chi connectivity index (χ2n) is 8.06. The van der Waals surface area contributed by atoms with Gasteiger partial charge < -0.3 is 10.6 Å². The molecule has 1 fully saturated rings. The van der Waals surface area contributed by atoms with Gasteiger partial charge in [-0.2, -0.15) is 0 Å². The number of amides is 4. The van der Waals surface area contributed by atoms with E-state index in [1.807, 2.05) is 26.0 Å². The minimum Gasteiger partial charge on any atom is -0.347 e. The Balaban J connectivity index is 2.09. The van der Waals surface area contributed by atoms with Crippen LogP contribution in [0.25, 0.3) is 0 Å². The Morgan fingerprint density at radius 2 is 1.62 bits per heavy atom. The van der Waals surface area contributed by atoms with Gasteiger partial charge in [0.05, 0.1) is 6.04 Å². The van der Waals surface area contributed by atoms with Crippen LogP contribution in [0.15, 0.2) is 24.3 Å². The van der Waals surface area contributed by atoms with Crippen molar-refractivity contribution in [1.29, 1.82) is 0 Å². The molecular formula is C20H29N3O3. The van der Waals surface area contributed by atoms with Gasteiger partial charge in [0, 0.05) is 0 Å². The lowest BCUT2D eigenvalue weighted by Gasteiger charge is -2.24. The van der Waals surface area contributed by atoms with Crippen LogP contribution in [0.2, 0.25) is 0 Å². The van der Waals surface area contributed by atoms with Gasteiger partial charge in [-0.15, -0.1) is 0 Å². The summed E-state index contributed by atoms with van der Waals surface area (Å²) in [6, 6.07) is 7.48. The number of nitrogens with one attached hydrogen (secondary N) is 2. The van der Waals surface area contributed by atoms with Gasteiger partial charge in [-0.3, -0.25) is 14.5 Å². The number of hydrogen-bond acceptors (Lipinski definition) is 3. The van der Waals surface area contributed by atoms with E-state index in [4.69, 9.17) is 0 Å². The lowest BCUT2D eigenvalue weighted by molar-refractivity contribution is -0.134. The van der Waals surface area contributed by atoms with Crippen LogP contribution in [0.3, 0.4) is 0 Å². The summed E-state index contributed by atoms with van der Waals surface area (Å²) in [5.74, 6) is -0.125. The highest BCUT2D eigenvalue weighted by Crippen LogP contribution is 2.24. The number of rotatable bonds is 6. The smallest absolute Gasteiger partial charge is 0.325 e. The number of carbonyl (C=O) groups excluding carboxylic acids is 3. The zero-order valence-electron chi connectivity index (χ0n) is 16.4. The van der Waals surface area contributed by atoms with Gasteiger partial charge in [0.2, 0.25) is 5.91 Å². The molecule has 0 spiro atoms. The Morgan fingerprint density at radius 3 is 2.04 bits per heavy atom. The van der Waals surface area contributed by atoms with Crippen molar-refractivity contribution in [1.82, 2.24) is 15.5 Å². The van der Waals surface area contributed by atoms with Crippen LogP contribution in [-0.4, -0.2) is 34.8 Å². The second-order valence-corrected chi connectivity index (χ2v) is 8.06. The lowest BCUT2D eigenvalue weighted by atomic mass is 9.93. The average molecular weight is 359 g/mol. The summed E-state index contributed by atoms with van der Waals surface area (Å²) in [6.45, 7) is 11.3. The predicted molar refractivity (Wildman–Crippen MR) is 101 cm³/mol. The van der Waals surface area contributed by atoms with E-state index in [0.717, 1.165) is 10.5 Å². The molecule has 4 amide bonds. The summed E-state index contributed by atoms with van der Waals surface area (Å²) >= 11 is 0. The normalized spacial score (nSPS) is 17.6. The van der Waals surface area contributed by atoms with Crippen molar-refractivity contribution in [3.63, 3.8) is 0 Å². The highest BCUT2D eigenvalue weighted by molar-refractivity contribution is 6.08. The van der Waals surface area contributed by atoms with Crippen molar-refractivity contribution in [2.45, 2.75) is 59.0 Å². The zero-order valence-corrected chi connectivity index (χ0v) is 16.4. The molecule has 0 aromatic heterocycles. The number of urea groups is 1. The molecule has 0 unspecified atom stereocenters. The molecule has 1 aliphatic rings. The first-order chi connectivity index (χ1) is 12.0. The molecule has 6 heteroatoms. The van der Waals surface area contributed by atoms with Gasteiger partial charge in [-0.25, -0.2) is 4.79 Å². The van der Waals surface area contributed by atoms with Gasteiger partial charge in [-0.1, -0.05) is 52.0 Å². The highest BCUT2D eigenvalue weighted by atomic mass is 16.2. The van der Waals surface area contributed by atoms with E-state index < -0.39 is 11.6 Å². The van der Waals surface area contributed by atoms with E-state index in [1.54, 1.807) is 13.8 Å². The number of hydrogen-bond donors (Lipinski definition) is 2. The summed E-state index contributed by atoms with van der Waals surface area (Å²) in [7, 11) is 0. The van der Waals surface area contributed by atoms with Gasteiger partial charge in [0.1, 0.15) is 12.1 Å². The van der Waals surface area contributed by atoms with Crippen molar-refractivity contribution < 1.29 is 14.4 Å². The second kappa shape index (κ2) is 7.48. The summed E-state index contributed by atoms with van der Waals surface area (Å²) in [5.41, 5.74) is 1.28. The van der Waals surface area contributed by atoms with Gasteiger partial charge in [0.25, 0.3) is 5.91 Å². The topological polar surface area (TPSA) is 78.5 Å². The number of carbonyl (C=O) groups is 3. The Morgan fingerprint density at radius 1 is 1.08 bits per heavy atom. The minimum atomic E-state index is -0.971. The molecule has 142 valence electrons. The van der Waals surface area contributed by atoms with Gasteiger partial charge in [0.15, 0.2) is 0 Å². The molecule has 2 N–H and O–H groups in total. The van der Waals surface area contributed by atoms with Crippen LogP contribution in [-0.2, 0) is 9.59 Å². The average Bonchev–Trinajstić information content (AvgIpc) is 2.74. The quantitative estimate of drug-likeness (QED) is 0.767.